The number of hydrogen-bond donors (Lipinski definition) is 1. The van der Waals surface area contributed by atoms with Gasteiger partial charge in [0.25, 0.3) is 0 Å². The summed E-state index contributed by atoms with van der Waals surface area (Å²) >= 11 is 0. The van der Waals surface area contributed by atoms with Crippen molar-refractivity contribution in [3.63, 3.8) is 0 Å². The predicted octanol–water partition coefficient (Wildman–Crippen LogP) is 0.192. The van der Waals surface area contributed by atoms with Gasteiger partial charge in [-0.15, -0.1) is 0 Å². The lowest BCUT2D eigenvalue weighted by atomic mass is 10.3. The zero-order valence-electron chi connectivity index (χ0n) is 5.00. The Balaban J connectivity index is 2.23. The van der Waals surface area contributed by atoms with Crippen molar-refractivity contribution in [1.29, 1.82) is 0 Å². The van der Waals surface area contributed by atoms with E-state index in [1.165, 1.54) is 5.70 Å². The monoisotopic (exact) mass is 124 g/mol. The van der Waals surface area contributed by atoms with Crippen LogP contribution >= 0.6 is 0 Å². The van der Waals surface area contributed by atoms with Crippen molar-refractivity contribution in [3.8, 4) is 0 Å². The van der Waals surface area contributed by atoms with Crippen LogP contribution in [0.3, 0.4) is 0 Å². The molecule has 3 heteroatoms. The summed E-state index contributed by atoms with van der Waals surface area (Å²) in [5, 5.41) is 1.83. The third-order valence-corrected chi connectivity index (χ3v) is 1.44. The van der Waals surface area contributed by atoms with Gasteiger partial charge in [0.15, 0.2) is 0 Å². The van der Waals surface area contributed by atoms with Crippen LogP contribution in [0.1, 0.15) is 0 Å². The highest BCUT2D eigenvalue weighted by Crippen LogP contribution is 2.12. The number of hydroxylamine groups is 3. The molecule has 1 fully saturated rings. The van der Waals surface area contributed by atoms with E-state index in [4.69, 9.17) is 4.94 Å². The molecule has 2 heterocycles. The molecule has 0 aromatic heterocycles. The van der Waals surface area contributed by atoms with Gasteiger partial charge in [-0.3, -0.25) is 0 Å². The normalized spacial score (nSPS) is 24.0. The summed E-state index contributed by atoms with van der Waals surface area (Å²) in [6.45, 7) is 1.68. The molecule has 0 saturated carbocycles. The first kappa shape index (κ1) is 5.02. The lowest BCUT2D eigenvalue weighted by molar-refractivity contribution is -0.136. The summed E-state index contributed by atoms with van der Waals surface area (Å²) in [5.41, 5.74) is 3.99. The summed E-state index contributed by atoms with van der Waals surface area (Å²) in [4.78, 5) is 5.02. The maximum absolute atomic E-state index is 5.02. The van der Waals surface area contributed by atoms with Crippen LogP contribution in [0.25, 0.3) is 0 Å². The summed E-state index contributed by atoms with van der Waals surface area (Å²) in [6.07, 6.45) is 6.14. The Bertz CT molecular complexity index is 174. The van der Waals surface area contributed by atoms with E-state index in [2.05, 4.69) is 11.6 Å². The summed E-state index contributed by atoms with van der Waals surface area (Å²) in [6, 6.07) is 0. The minimum absolute atomic E-state index is 0.824. The van der Waals surface area contributed by atoms with Gasteiger partial charge in [0.05, 0.1) is 18.8 Å². The fraction of sp³-hybridized carbons (Fsp3) is 0.333. The molecular formula is C6H8N2O. The Hall–Kier alpha value is -0.800. The zero-order valence-corrected chi connectivity index (χ0v) is 5.00. The van der Waals surface area contributed by atoms with E-state index in [0.717, 1.165) is 13.1 Å². The third-order valence-electron chi connectivity index (χ3n) is 1.44. The first-order valence-corrected chi connectivity index (χ1v) is 3.00. The molecule has 0 aromatic carbocycles. The number of rotatable bonds is 0. The summed E-state index contributed by atoms with van der Waals surface area (Å²) in [7, 11) is 0. The molecule has 1 saturated heterocycles. The maximum atomic E-state index is 5.02. The molecular weight excluding hydrogens is 116 g/mol. The average molecular weight is 124 g/mol. The lowest BCUT2D eigenvalue weighted by Crippen LogP contribution is -2.19. The van der Waals surface area contributed by atoms with Crippen LogP contribution in [0.4, 0.5) is 0 Å². The second-order valence-electron chi connectivity index (χ2n) is 2.06. The smallest absolute Gasteiger partial charge is 0.0659 e. The Labute approximate surface area is 53.5 Å². The van der Waals surface area contributed by atoms with Gasteiger partial charge in [0.1, 0.15) is 0 Å². The molecule has 0 atom stereocenters. The van der Waals surface area contributed by atoms with E-state index >= 15 is 0 Å². The lowest BCUT2D eigenvalue weighted by Gasteiger charge is -2.15. The van der Waals surface area contributed by atoms with E-state index in [9.17, 15) is 0 Å². The predicted molar refractivity (Wildman–Crippen MR) is 33.0 cm³/mol. The number of hydrogen-bond acceptors (Lipinski definition) is 3. The minimum Gasteiger partial charge on any atom is -0.234 e. The van der Waals surface area contributed by atoms with Crippen LogP contribution in [0.2, 0.25) is 0 Å². The fourth-order valence-electron chi connectivity index (χ4n) is 0.963. The summed E-state index contributed by atoms with van der Waals surface area (Å²) in [5.74, 6) is 0. The van der Waals surface area contributed by atoms with E-state index in [-0.39, 0.29) is 0 Å². The Morgan fingerprint density at radius 2 is 2.67 bits per heavy atom. The van der Waals surface area contributed by atoms with Crippen LogP contribution in [0.15, 0.2) is 23.9 Å². The Morgan fingerprint density at radius 3 is 3.56 bits per heavy atom. The topological polar surface area (TPSA) is 24.5 Å². The highest BCUT2D eigenvalue weighted by molar-refractivity contribution is 5.18. The number of allylic oxidation sites excluding steroid dienone is 2. The maximum Gasteiger partial charge on any atom is 0.0659 e. The van der Waals surface area contributed by atoms with Gasteiger partial charge in [-0.25, -0.2) is 5.06 Å². The van der Waals surface area contributed by atoms with E-state index in [0.29, 0.717) is 0 Å². The van der Waals surface area contributed by atoms with Crippen molar-refractivity contribution in [2.45, 2.75) is 0 Å². The van der Waals surface area contributed by atoms with Gasteiger partial charge in [0.2, 0.25) is 0 Å². The minimum atomic E-state index is 0.824. The number of fused-ring (bicyclic) bond motifs is 1. The van der Waals surface area contributed by atoms with Gasteiger partial charge >= 0.3 is 0 Å². The molecule has 9 heavy (non-hydrogen) atoms. The molecule has 0 amide bonds. The molecule has 0 unspecified atom stereocenters. The van der Waals surface area contributed by atoms with E-state index in [1.54, 1.807) is 0 Å². The SMILES string of the molecule is C1=CCN2ONCC2=C1. The Morgan fingerprint density at radius 1 is 1.67 bits per heavy atom. The standard InChI is InChI=1S/C6H8N2O/c1-2-4-8-6(3-1)5-7-9-8/h1-3,7H,4-5H2. The van der Waals surface area contributed by atoms with Gasteiger partial charge in [-0.1, -0.05) is 12.2 Å². The average Bonchev–Trinajstić information content (AvgIpc) is 2.33. The first-order chi connectivity index (χ1) is 4.47. The second kappa shape index (κ2) is 1.86. The molecule has 0 aromatic rings. The van der Waals surface area contributed by atoms with Gasteiger partial charge in [0, 0.05) is 0 Å². The Kier molecular flexibility index (Phi) is 1.04. The van der Waals surface area contributed by atoms with Crippen LogP contribution in [-0.2, 0) is 4.94 Å². The van der Waals surface area contributed by atoms with Crippen molar-refractivity contribution in [1.82, 2.24) is 10.5 Å². The summed E-state index contributed by atoms with van der Waals surface area (Å²) < 4.78 is 0. The van der Waals surface area contributed by atoms with E-state index in [1.807, 2.05) is 17.2 Å². The van der Waals surface area contributed by atoms with Crippen LogP contribution in [0, 0.1) is 0 Å². The highest BCUT2D eigenvalue weighted by atomic mass is 16.8. The zero-order chi connectivity index (χ0) is 6.10. The van der Waals surface area contributed by atoms with Crippen molar-refractivity contribution < 1.29 is 4.94 Å². The molecule has 0 radical (unpaired) electrons. The van der Waals surface area contributed by atoms with Crippen LogP contribution in [0.5, 0.6) is 0 Å². The quantitative estimate of drug-likeness (QED) is 0.499. The van der Waals surface area contributed by atoms with Crippen molar-refractivity contribution in [3.05, 3.63) is 23.9 Å². The van der Waals surface area contributed by atoms with Crippen molar-refractivity contribution >= 4 is 0 Å². The second-order valence-corrected chi connectivity index (χ2v) is 2.06. The van der Waals surface area contributed by atoms with Gasteiger partial charge in [-0.05, 0) is 6.08 Å². The molecule has 0 spiro atoms. The highest BCUT2D eigenvalue weighted by Gasteiger charge is 2.16. The number of nitrogens with zero attached hydrogens (tertiary/aromatic N) is 1. The molecule has 48 valence electrons. The molecule has 2 rings (SSSR count). The van der Waals surface area contributed by atoms with Gasteiger partial charge in [-0.2, -0.15) is 10.4 Å². The molecule has 1 N–H and O–H groups in total. The molecule has 3 nitrogen and oxygen atoms in total. The largest absolute Gasteiger partial charge is 0.234 e. The molecule has 2 aliphatic heterocycles. The van der Waals surface area contributed by atoms with Crippen LogP contribution < -0.4 is 5.48 Å². The molecule has 0 aliphatic carbocycles. The fourth-order valence-corrected chi connectivity index (χ4v) is 0.963. The molecule has 2 aliphatic rings. The van der Waals surface area contributed by atoms with Crippen LogP contribution in [-0.4, -0.2) is 18.2 Å². The first-order valence-electron chi connectivity index (χ1n) is 3.00. The number of nitrogens with one attached hydrogen (secondary N) is 1. The van der Waals surface area contributed by atoms with Crippen molar-refractivity contribution in [2.24, 2.45) is 0 Å². The molecule has 0 bridgehead atoms. The van der Waals surface area contributed by atoms with Gasteiger partial charge < -0.3 is 0 Å². The third kappa shape index (κ3) is 0.742. The van der Waals surface area contributed by atoms with Crippen molar-refractivity contribution in [2.75, 3.05) is 13.1 Å². The van der Waals surface area contributed by atoms with E-state index < -0.39 is 0 Å².